The average molecular weight is 241 g/mol. The molecule has 0 aromatic heterocycles. The molecule has 1 rings (SSSR count). The van der Waals surface area contributed by atoms with Crippen molar-refractivity contribution in [3.63, 3.8) is 0 Å². The molecule has 0 fully saturated rings. The lowest BCUT2D eigenvalue weighted by Crippen LogP contribution is -2.02. The number of aryl methyl sites for hydroxylation is 1. The summed E-state index contributed by atoms with van der Waals surface area (Å²) in [6.45, 7) is 6.72. The Morgan fingerprint density at radius 3 is 2.62 bits per heavy atom. The van der Waals surface area contributed by atoms with Crippen molar-refractivity contribution in [1.29, 1.82) is 0 Å². The second kappa shape index (κ2) is 5.90. The fraction of sp³-hybridized carbons (Fsp3) is 0.462. The average Bonchev–Trinajstić information content (AvgIpc) is 2.16. The third-order valence-corrected chi connectivity index (χ3v) is 2.62. The van der Waals surface area contributed by atoms with Gasteiger partial charge in [0.1, 0.15) is 5.75 Å². The maximum atomic E-state index is 10.5. The Morgan fingerprint density at radius 1 is 1.44 bits per heavy atom. The highest BCUT2D eigenvalue weighted by molar-refractivity contribution is 6.63. The van der Waals surface area contributed by atoms with E-state index in [9.17, 15) is 4.79 Å². The van der Waals surface area contributed by atoms with Crippen LogP contribution < -0.4 is 4.74 Å². The third kappa shape index (κ3) is 3.86. The Labute approximate surface area is 102 Å². The zero-order valence-corrected chi connectivity index (χ0v) is 10.7. The summed E-state index contributed by atoms with van der Waals surface area (Å²) in [5, 5.41) is -0.365. The molecule has 0 radical (unpaired) electrons. The first-order chi connectivity index (χ1) is 7.50. The number of carbonyl (C=O) groups is 1. The van der Waals surface area contributed by atoms with E-state index >= 15 is 0 Å². The molecular weight excluding hydrogens is 224 g/mol. The molecule has 2 nitrogen and oxygen atoms in total. The summed E-state index contributed by atoms with van der Waals surface area (Å²) in [5.74, 6) is 1.30. The van der Waals surface area contributed by atoms with E-state index in [0.29, 0.717) is 12.5 Å². The van der Waals surface area contributed by atoms with E-state index in [4.69, 9.17) is 16.3 Å². The summed E-state index contributed by atoms with van der Waals surface area (Å²) in [7, 11) is 0. The molecule has 0 unspecified atom stereocenters. The van der Waals surface area contributed by atoms with Gasteiger partial charge in [-0.05, 0) is 47.7 Å². The molecule has 0 saturated heterocycles. The molecule has 0 saturated carbocycles. The molecule has 16 heavy (non-hydrogen) atoms. The quantitative estimate of drug-likeness (QED) is 0.735. The zero-order valence-electron chi connectivity index (χ0n) is 9.92. The Hall–Kier alpha value is -1.02. The molecule has 0 spiro atoms. The minimum absolute atomic E-state index is 0.243. The monoisotopic (exact) mass is 240 g/mol. The van der Waals surface area contributed by atoms with Crippen molar-refractivity contribution in [3.8, 4) is 5.75 Å². The lowest BCUT2D eigenvalue weighted by atomic mass is 9.98. The van der Waals surface area contributed by atoms with Crippen LogP contribution in [0.5, 0.6) is 5.75 Å². The van der Waals surface area contributed by atoms with Crippen LogP contribution in [-0.4, -0.2) is 11.8 Å². The molecule has 1 aromatic rings. The van der Waals surface area contributed by atoms with Gasteiger partial charge in [-0.1, -0.05) is 19.9 Å². The maximum absolute atomic E-state index is 10.5. The van der Waals surface area contributed by atoms with Gasteiger partial charge < -0.3 is 4.74 Å². The minimum atomic E-state index is -0.365. The number of halogens is 1. The Kier molecular flexibility index (Phi) is 4.81. The molecule has 0 heterocycles. The van der Waals surface area contributed by atoms with Gasteiger partial charge in [-0.15, -0.1) is 0 Å². The summed E-state index contributed by atoms with van der Waals surface area (Å²) in [5.41, 5.74) is 2.53. The Morgan fingerprint density at radius 2 is 2.12 bits per heavy atom. The Bertz CT molecular complexity index is 372. The second-order valence-electron chi connectivity index (χ2n) is 4.13. The number of hydrogen-bond donors (Lipinski definition) is 0. The van der Waals surface area contributed by atoms with Crippen molar-refractivity contribution >= 4 is 16.8 Å². The Balaban J connectivity index is 2.63. The fourth-order valence-electron chi connectivity index (χ4n) is 1.63. The standard InChI is InChI=1S/C13H17ClO2/c1-9(2)12-5-4-11(8-10(12)3)16-7-6-13(14)15/h4-5,8-9H,6-7H2,1-3H3. The van der Waals surface area contributed by atoms with Gasteiger partial charge in [0.15, 0.2) is 0 Å². The number of ether oxygens (including phenoxy) is 1. The van der Waals surface area contributed by atoms with Crippen LogP contribution in [0, 0.1) is 6.92 Å². The van der Waals surface area contributed by atoms with Gasteiger partial charge in [0.2, 0.25) is 5.24 Å². The molecule has 0 aliphatic carbocycles. The van der Waals surface area contributed by atoms with Crippen LogP contribution in [0.2, 0.25) is 0 Å². The van der Waals surface area contributed by atoms with Crippen LogP contribution in [0.3, 0.4) is 0 Å². The van der Waals surface area contributed by atoms with Crippen molar-refractivity contribution in [2.75, 3.05) is 6.61 Å². The molecule has 0 atom stereocenters. The predicted molar refractivity (Wildman–Crippen MR) is 66.2 cm³/mol. The molecule has 0 aliphatic heterocycles. The summed E-state index contributed by atoms with van der Waals surface area (Å²) in [6, 6.07) is 5.99. The topological polar surface area (TPSA) is 26.3 Å². The van der Waals surface area contributed by atoms with Crippen molar-refractivity contribution in [1.82, 2.24) is 0 Å². The first kappa shape index (κ1) is 13.0. The van der Waals surface area contributed by atoms with Crippen LogP contribution in [0.4, 0.5) is 0 Å². The van der Waals surface area contributed by atoms with Crippen molar-refractivity contribution in [2.45, 2.75) is 33.1 Å². The van der Waals surface area contributed by atoms with E-state index in [1.54, 1.807) is 0 Å². The van der Waals surface area contributed by atoms with Crippen LogP contribution in [0.1, 0.15) is 37.3 Å². The number of rotatable bonds is 5. The molecule has 0 aliphatic rings. The van der Waals surface area contributed by atoms with Crippen LogP contribution in [0.25, 0.3) is 0 Å². The van der Waals surface area contributed by atoms with Gasteiger partial charge in [-0.25, -0.2) is 0 Å². The predicted octanol–water partition coefficient (Wildman–Crippen LogP) is 3.65. The SMILES string of the molecule is Cc1cc(OCCC(=O)Cl)ccc1C(C)C. The van der Waals surface area contributed by atoms with Gasteiger partial charge in [0.25, 0.3) is 0 Å². The minimum Gasteiger partial charge on any atom is -0.493 e. The summed E-state index contributed by atoms with van der Waals surface area (Å²) in [6.07, 6.45) is 0.243. The van der Waals surface area contributed by atoms with Gasteiger partial charge in [0, 0.05) is 0 Å². The largest absolute Gasteiger partial charge is 0.493 e. The van der Waals surface area contributed by atoms with Gasteiger partial charge in [-0.3, -0.25) is 4.79 Å². The molecule has 88 valence electrons. The molecule has 3 heteroatoms. The number of hydrogen-bond acceptors (Lipinski definition) is 2. The smallest absolute Gasteiger partial charge is 0.225 e. The summed E-state index contributed by atoms with van der Waals surface area (Å²) >= 11 is 5.22. The van der Waals surface area contributed by atoms with E-state index < -0.39 is 0 Å². The number of benzene rings is 1. The molecule has 0 amide bonds. The fourth-order valence-corrected chi connectivity index (χ4v) is 1.71. The van der Waals surface area contributed by atoms with Gasteiger partial charge in [-0.2, -0.15) is 0 Å². The third-order valence-electron chi connectivity index (χ3n) is 2.43. The van der Waals surface area contributed by atoms with Crippen molar-refractivity contribution < 1.29 is 9.53 Å². The van der Waals surface area contributed by atoms with E-state index in [1.165, 1.54) is 11.1 Å². The second-order valence-corrected chi connectivity index (χ2v) is 4.55. The van der Waals surface area contributed by atoms with E-state index in [1.807, 2.05) is 12.1 Å². The highest BCUT2D eigenvalue weighted by atomic mass is 35.5. The first-order valence-corrected chi connectivity index (χ1v) is 5.80. The zero-order chi connectivity index (χ0) is 12.1. The highest BCUT2D eigenvalue weighted by Gasteiger charge is 2.05. The van der Waals surface area contributed by atoms with Gasteiger partial charge >= 0.3 is 0 Å². The molecule has 0 bridgehead atoms. The van der Waals surface area contributed by atoms with Gasteiger partial charge in [0.05, 0.1) is 13.0 Å². The highest BCUT2D eigenvalue weighted by Crippen LogP contribution is 2.23. The lowest BCUT2D eigenvalue weighted by molar-refractivity contribution is -0.112. The van der Waals surface area contributed by atoms with E-state index in [0.717, 1.165) is 5.75 Å². The van der Waals surface area contributed by atoms with E-state index in [-0.39, 0.29) is 11.7 Å². The first-order valence-electron chi connectivity index (χ1n) is 5.42. The molecule has 1 aromatic carbocycles. The summed E-state index contributed by atoms with van der Waals surface area (Å²) < 4.78 is 5.43. The molecule has 0 N–H and O–H groups in total. The van der Waals surface area contributed by atoms with Crippen LogP contribution >= 0.6 is 11.6 Å². The van der Waals surface area contributed by atoms with E-state index in [2.05, 4.69) is 26.8 Å². The molecular formula is C13H17ClO2. The lowest BCUT2D eigenvalue weighted by Gasteiger charge is -2.12. The van der Waals surface area contributed by atoms with Crippen LogP contribution in [0.15, 0.2) is 18.2 Å². The van der Waals surface area contributed by atoms with Crippen LogP contribution in [-0.2, 0) is 4.79 Å². The van der Waals surface area contributed by atoms with Crippen molar-refractivity contribution in [2.24, 2.45) is 0 Å². The maximum Gasteiger partial charge on any atom is 0.225 e. The van der Waals surface area contributed by atoms with Crippen molar-refractivity contribution in [3.05, 3.63) is 29.3 Å². The number of carbonyl (C=O) groups excluding carboxylic acids is 1. The normalized spacial score (nSPS) is 10.6. The summed E-state index contributed by atoms with van der Waals surface area (Å²) in [4.78, 5) is 10.5.